The summed E-state index contributed by atoms with van der Waals surface area (Å²) < 4.78 is 26.8. The number of carbonyl (C=O) groups is 1. The van der Waals surface area contributed by atoms with Gasteiger partial charge in [0, 0.05) is 5.56 Å². The zero-order valence-corrected chi connectivity index (χ0v) is 22.1. The molecule has 3 aromatic carbocycles. The molecule has 0 amide bonds. The van der Waals surface area contributed by atoms with Crippen LogP contribution in [0.5, 0.6) is 11.5 Å². The van der Waals surface area contributed by atoms with E-state index in [-0.39, 0.29) is 23.6 Å². The van der Waals surface area contributed by atoms with Crippen molar-refractivity contribution >= 4 is 5.97 Å². The van der Waals surface area contributed by atoms with Crippen molar-refractivity contribution in [1.82, 2.24) is 0 Å². The fraction of sp³-hybridized carbons (Fsp3) is 0.424. The van der Waals surface area contributed by atoms with E-state index < -0.39 is 5.97 Å². The van der Waals surface area contributed by atoms with Crippen LogP contribution < -0.4 is 9.47 Å². The maximum absolute atomic E-state index is 15.2. The zero-order chi connectivity index (χ0) is 26.4. The lowest BCUT2D eigenvalue weighted by Crippen LogP contribution is -2.32. The molecule has 0 saturated heterocycles. The number of methoxy groups -OCH3 is 1. The molecule has 4 aliphatic rings. The van der Waals surface area contributed by atoms with E-state index in [2.05, 4.69) is 12.1 Å². The van der Waals surface area contributed by atoms with Gasteiger partial charge in [-0.25, -0.2) is 4.39 Å². The molecular formula is C33H35FO4. The van der Waals surface area contributed by atoms with Gasteiger partial charge in [-0.1, -0.05) is 37.3 Å². The maximum atomic E-state index is 15.2. The van der Waals surface area contributed by atoms with Gasteiger partial charge in [0.05, 0.1) is 13.5 Å². The number of rotatable bonds is 9. The Morgan fingerprint density at radius 1 is 1.00 bits per heavy atom. The summed E-state index contributed by atoms with van der Waals surface area (Å²) >= 11 is 0. The predicted molar refractivity (Wildman–Crippen MR) is 145 cm³/mol. The van der Waals surface area contributed by atoms with Crippen LogP contribution in [0.1, 0.15) is 68.1 Å². The van der Waals surface area contributed by atoms with Gasteiger partial charge in [0.2, 0.25) is 0 Å². The third kappa shape index (κ3) is 4.57. The molecule has 4 nitrogen and oxygen atoms in total. The van der Waals surface area contributed by atoms with Crippen LogP contribution in [0.3, 0.4) is 0 Å². The second kappa shape index (κ2) is 9.76. The average Bonchev–Trinajstić information content (AvgIpc) is 3.34. The summed E-state index contributed by atoms with van der Waals surface area (Å²) in [4.78, 5) is 11.1. The van der Waals surface area contributed by atoms with Crippen molar-refractivity contribution in [2.24, 2.45) is 17.8 Å². The lowest BCUT2D eigenvalue weighted by molar-refractivity contribution is -0.137. The summed E-state index contributed by atoms with van der Waals surface area (Å²) in [5.41, 5.74) is 4.94. The highest BCUT2D eigenvalue weighted by molar-refractivity contribution is 5.72. The SMILES string of the molecule is COc1ccc(F)c(-c2ccc(COc3cccc([C@H](C)CC(=O)O)c3)cc2C23CC4CC(C2)C(C4)C3)c1. The van der Waals surface area contributed by atoms with Crippen molar-refractivity contribution in [3.63, 3.8) is 0 Å². The van der Waals surface area contributed by atoms with Gasteiger partial charge in [-0.15, -0.1) is 0 Å². The third-order valence-electron chi connectivity index (χ3n) is 9.36. The molecule has 5 heteroatoms. The first-order valence-electron chi connectivity index (χ1n) is 13.8. The molecule has 4 bridgehead atoms. The quantitative estimate of drug-likeness (QED) is 0.317. The molecule has 3 aromatic rings. The van der Waals surface area contributed by atoms with Gasteiger partial charge in [0.1, 0.15) is 23.9 Å². The van der Waals surface area contributed by atoms with E-state index >= 15 is 4.39 Å². The molecule has 38 heavy (non-hydrogen) atoms. The lowest BCUT2D eigenvalue weighted by Gasteiger charge is -2.40. The highest BCUT2D eigenvalue weighted by atomic mass is 19.1. The molecule has 0 aliphatic heterocycles. The number of carboxylic acid groups (broad SMARTS) is 1. The van der Waals surface area contributed by atoms with Crippen molar-refractivity contribution in [3.05, 3.63) is 83.2 Å². The van der Waals surface area contributed by atoms with Crippen LogP contribution in [0.4, 0.5) is 4.39 Å². The molecule has 4 saturated carbocycles. The van der Waals surface area contributed by atoms with Gasteiger partial charge in [-0.05, 0) is 114 Å². The summed E-state index contributed by atoms with van der Waals surface area (Å²) in [5, 5.41) is 9.15. The summed E-state index contributed by atoms with van der Waals surface area (Å²) in [6.45, 7) is 2.32. The average molecular weight is 515 g/mol. The predicted octanol–water partition coefficient (Wildman–Crippen LogP) is 7.74. The molecule has 2 unspecified atom stereocenters. The molecule has 4 aliphatic carbocycles. The smallest absolute Gasteiger partial charge is 0.303 e. The number of hydrogen-bond acceptors (Lipinski definition) is 3. The van der Waals surface area contributed by atoms with Crippen LogP contribution in [0.15, 0.2) is 60.7 Å². The Bertz CT molecular complexity index is 1350. The number of hydrogen-bond donors (Lipinski definition) is 1. The molecule has 3 atom stereocenters. The minimum absolute atomic E-state index is 0.0835. The van der Waals surface area contributed by atoms with Crippen molar-refractivity contribution in [3.8, 4) is 22.6 Å². The monoisotopic (exact) mass is 514 g/mol. The number of ether oxygens (including phenoxy) is 2. The Labute approximate surface area is 223 Å². The Balaban J connectivity index is 1.32. The van der Waals surface area contributed by atoms with E-state index in [0.29, 0.717) is 17.9 Å². The zero-order valence-electron chi connectivity index (χ0n) is 22.1. The van der Waals surface area contributed by atoms with Gasteiger partial charge in [-0.2, -0.15) is 0 Å². The van der Waals surface area contributed by atoms with E-state index in [9.17, 15) is 4.79 Å². The molecule has 1 N–H and O–H groups in total. The Hall–Kier alpha value is -3.34. The molecule has 0 spiro atoms. The number of halogens is 1. The molecular weight excluding hydrogens is 479 g/mol. The van der Waals surface area contributed by atoms with Crippen molar-refractivity contribution in [1.29, 1.82) is 0 Å². The summed E-state index contributed by atoms with van der Waals surface area (Å²) in [7, 11) is 1.62. The van der Waals surface area contributed by atoms with Crippen LogP contribution in [0.2, 0.25) is 0 Å². The second-order valence-electron chi connectivity index (χ2n) is 11.8. The van der Waals surface area contributed by atoms with Crippen LogP contribution in [-0.4, -0.2) is 18.2 Å². The van der Waals surface area contributed by atoms with Crippen LogP contribution in [0, 0.1) is 23.6 Å². The van der Waals surface area contributed by atoms with Gasteiger partial charge >= 0.3 is 5.97 Å². The first-order chi connectivity index (χ1) is 18.3. The van der Waals surface area contributed by atoms with Crippen molar-refractivity contribution < 1.29 is 23.8 Å². The highest BCUT2D eigenvalue weighted by Crippen LogP contribution is 2.65. The molecule has 0 heterocycles. The van der Waals surface area contributed by atoms with Crippen molar-refractivity contribution in [2.75, 3.05) is 7.11 Å². The van der Waals surface area contributed by atoms with Crippen molar-refractivity contribution in [2.45, 2.75) is 63.4 Å². The van der Waals surface area contributed by atoms with Gasteiger partial charge < -0.3 is 14.6 Å². The number of aliphatic carboxylic acids is 1. The summed E-state index contributed by atoms with van der Waals surface area (Å²) in [5.74, 6) is 2.64. The Kier molecular flexibility index (Phi) is 6.41. The fourth-order valence-corrected chi connectivity index (χ4v) is 7.79. The molecule has 0 radical (unpaired) electrons. The largest absolute Gasteiger partial charge is 0.497 e. The first-order valence-corrected chi connectivity index (χ1v) is 13.8. The van der Waals surface area contributed by atoms with E-state index in [0.717, 1.165) is 40.2 Å². The number of benzene rings is 3. The van der Waals surface area contributed by atoms with E-state index in [1.165, 1.54) is 43.7 Å². The second-order valence-corrected chi connectivity index (χ2v) is 11.8. The molecule has 198 valence electrons. The van der Waals surface area contributed by atoms with Crippen LogP contribution in [0.25, 0.3) is 11.1 Å². The molecule has 0 aromatic heterocycles. The standard InChI is InChI=1S/C33H35FO4/c1-20(10-32(35)36)23-4-3-5-27(14-23)38-19-21-6-8-28(29-15-26(37-2)7-9-31(29)34)30(13-21)33-16-22-11-24(17-33)25(12-22)18-33/h3-9,13-15,20,22,24-25H,10-12,16-19H2,1-2H3,(H,35,36)/t20-,22?,24?,25?,33?/m1/s1. The van der Waals surface area contributed by atoms with E-state index in [1.54, 1.807) is 13.2 Å². The number of carboxylic acids is 1. The van der Waals surface area contributed by atoms with E-state index in [1.807, 2.05) is 43.3 Å². The maximum Gasteiger partial charge on any atom is 0.303 e. The van der Waals surface area contributed by atoms with Crippen LogP contribution >= 0.6 is 0 Å². The van der Waals surface area contributed by atoms with Crippen LogP contribution in [-0.2, 0) is 16.8 Å². The minimum Gasteiger partial charge on any atom is -0.497 e. The lowest BCUT2D eigenvalue weighted by atomic mass is 9.64. The van der Waals surface area contributed by atoms with E-state index in [4.69, 9.17) is 14.6 Å². The van der Waals surface area contributed by atoms with Gasteiger partial charge in [-0.3, -0.25) is 4.79 Å². The highest BCUT2D eigenvalue weighted by Gasteiger charge is 2.56. The normalized spacial score (nSPS) is 25.9. The van der Waals surface area contributed by atoms with Gasteiger partial charge in [0.25, 0.3) is 0 Å². The van der Waals surface area contributed by atoms with Gasteiger partial charge in [0.15, 0.2) is 0 Å². The first kappa shape index (κ1) is 25.0. The summed E-state index contributed by atoms with van der Waals surface area (Å²) in [6, 6.07) is 19.1. The molecule has 7 rings (SSSR count). The minimum atomic E-state index is -0.808. The fourth-order valence-electron chi connectivity index (χ4n) is 7.79. The Morgan fingerprint density at radius 2 is 1.79 bits per heavy atom. The Morgan fingerprint density at radius 3 is 2.50 bits per heavy atom. The molecule has 4 fully saturated rings. The summed E-state index contributed by atoms with van der Waals surface area (Å²) in [6.07, 6.45) is 6.37. The third-order valence-corrected chi connectivity index (χ3v) is 9.36. The topological polar surface area (TPSA) is 55.8 Å².